The SMILES string of the molecule is CC(C)(C)P(c1nccn1-c1cc(F)cc(F)c1F)C(C)(C)C. The van der Waals surface area contributed by atoms with Crippen molar-refractivity contribution in [2.24, 2.45) is 0 Å². The van der Waals surface area contributed by atoms with Crippen LogP contribution >= 0.6 is 7.92 Å². The molecular formula is C17H22F3N2P. The number of nitrogens with zero attached hydrogens (tertiary/aromatic N) is 2. The average Bonchev–Trinajstić information content (AvgIpc) is 2.78. The topological polar surface area (TPSA) is 17.8 Å². The van der Waals surface area contributed by atoms with Gasteiger partial charge in [0.15, 0.2) is 11.6 Å². The van der Waals surface area contributed by atoms with Gasteiger partial charge in [-0.2, -0.15) is 0 Å². The van der Waals surface area contributed by atoms with Gasteiger partial charge in [-0.3, -0.25) is 4.57 Å². The fraction of sp³-hybridized carbons (Fsp3) is 0.471. The number of aromatic nitrogens is 2. The van der Waals surface area contributed by atoms with Crippen LogP contribution in [0.4, 0.5) is 13.2 Å². The highest BCUT2D eigenvalue weighted by molar-refractivity contribution is 7.68. The Bertz CT molecular complexity index is 698. The first-order chi connectivity index (χ1) is 10.4. The van der Waals surface area contributed by atoms with Crippen LogP contribution in [0, 0.1) is 17.5 Å². The van der Waals surface area contributed by atoms with E-state index < -0.39 is 25.4 Å². The van der Waals surface area contributed by atoms with E-state index in [0.29, 0.717) is 11.6 Å². The summed E-state index contributed by atoms with van der Waals surface area (Å²) < 4.78 is 42.8. The largest absolute Gasteiger partial charge is 0.297 e. The Morgan fingerprint density at radius 3 is 2.04 bits per heavy atom. The zero-order valence-corrected chi connectivity index (χ0v) is 15.2. The molecule has 0 aliphatic carbocycles. The summed E-state index contributed by atoms with van der Waals surface area (Å²) in [5.41, 5.74) is 0.514. The van der Waals surface area contributed by atoms with E-state index in [9.17, 15) is 13.2 Å². The fourth-order valence-electron chi connectivity index (χ4n) is 2.97. The van der Waals surface area contributed by atoms with E-state index in [0.717, 1.165) is 6.07 Å². The second-order valence-electron chi connectivity index (χ2n) is 7.50. The zero-order valence-electron chi connectivity index (χ0n) is 14.3. The second-order valence-corrected chi connectivity index (χ2v) is 11.2. The monoisotopic (exact) mass is 342 g/mol. The van der Waals surface area contributed by atoms with Crippen molar-refractivity contribution in [1.82, 2.24) is 9.55 Å². The van der Waals surface area contributed by atoms with Crippen LogP contribution in [0.5, 0.6) is 0 Å². The van der Waals surface area contributed by atoms with Crippen LogP contribution < -0.4 is 5.57 Å². The lowest BCUT2D eigenvalue weighted by Gasteiger charge is -2.40. The summed E-state index contributed by atoms with van der Waals surface area (Å²) in [5.74, 6) is -3.08. The van der Waals surface area contributed by atoms with E-state index in [-0.39, 0.29) is 16.0 Å². The lowest BCUT2D eigenvalue weighted by molar-refractivity contribution is 0.491. The van der Waals surface area contributed by atoms with E-state index in [1.165, 1.54) is 4.57 Å². The van der Waals surface area contributed by atoms with Crippen LogP contribution in [0.2, 0.25) is 0 Å². The molecule has 0 aliphatic rings. The molecule has 6 heteroatoms. The summed E-state index contributed by atoms with van der Waals surface area (Å²) in [6.07, 6.45) is 3.10. The quantitative estimate of drug-likeness (QED) is 0.555. The van der Waals surface area contributed by atoms with Gasteiger partial charge in [-0.05, 0) is 18.2 Å². The molecule has 2 aromatic rings. The zero-order chi connectivity index (χ0) is 17.6. The van der Waals surface area contributed by atoms with E-state index in [2.05, 4.69) is 46.5 Å². The van der Waals surface area contributed by atoms with Crippen molar-refractivity contribution in [3.63, 3.8) is 0 Å². The summed E-state index contributed by atoms with van der Waals surface area (Å²) >= 11 is 0. The van der Waals surface area contributed by atoms with E-state index in [4.69, 9.17) is 0 Å². The Morgan fingerprint density at radius 1 is 0.957 bits per heavy atom. The lowest BCUT2D eigenvalue weighted by atomic mass is 10.2. The van der Waals surface area contributed by atoms with Crippen LogP contribution in [0.3, 0.4) is 0 Å². The molecule has 0 unspecified atom stereocenters. The predicted octanol–water partition coefficient (Wildman–Crippen LogP) is 4.99. The minimum Gasteiger partial charge on any atom is -0.297 e. The van der Waals surface area contributed by atoms with E-state index in [1.54, 1.807) is 12.4 Å². The Kier molecular flexibility index (Phi) is 4.64. The Morgan fingerprint density at radius 2 is 1.52 bits per heavy atom. The molecule has 1 aromatic heterocycles. The molecular weight excluding hydrogens is 320 g/mol. The van der Waals surface area contributed by atoms with Crippen LogP contribution in [0.15, 0.2) is 24.5 Å². The summed E-state index contributed by atoms with van der Waals surface area (Å²) in [7, 11) is -0.837. The number of hydrogen-bond donors (Lipinski definition) is 0. The van der Waals surface area contributed by atoms with Gasteiger partial charge in [-0.25, -0.2) is 18.2 Å². The molecule has 0 N–H and O–H groups in total. The van der Waals surface area contributed by atoms with E-state index >= 15 is 0 Å². The standard InChI is InChI=1S/C17H22F3N2P/c1-16(2,3)23(17(4,5)6)15-21-7-8-22(15)13-10-11(18)9-12(19)14(13)20/h7-10H,1-6H3. The number of rotatable bonds is 2. The highest BCUT2D eigenvalue weighted by Gasteiger charge is 2.39. The van der Waals surface area contributed by atoms with Crippen LogP contribution in [0.25, 0.3) is 5.69 Å². The van der Waals surface area contributed by atoms with Crippen molar-refractivity contribution in [3.05, 3.63) is 42.0 Å². The minimum atomic E-state index is -1.20. The number of halogens is 3. The van der Waals surface area contributed by atoms with Gasteiger partial charge in [-0.1, -0.05) is 41.5 Å². The van der Waals surface area contributed by atoms with Crippen molar-refractivity contribution in [2.75, 3.05) is 0 Å². The first-order valence-electron chi connectivity index (χ1n) is 7.41. The Hall–Kier alpha value is -1.35. The molecule has 23 heavy (non-hydrogen) atoms. The molecule has 2 rings (SSSR count). The summed E-state index contributed by atoms with van der Waals surface area (Å²) in [6, 6.07) is 1.55. The molecule has 0 amide bonds. The average molecular weight is 342 g/mol. The van der Waals surface area contributed by atoms with Gasteiger partial charge >= 0.3 is 0 Å². The maximum absolute atomic E-state index is 14.2. The van der Waals surface area contributed by atoms with Gasteiger partial charge in [-0.15, -0.1) is 0 Å². The molecule has 0 bridgehead atoms. The Balaban J connectivity index is 2.69. The molecule has 0 spiro atoms. The highest BCUT2D eigenvalue weighted by Crippen LogP contribution is 2.57. The maximum atomic E-state index is 14.2. The first kappa shape index (κ1) is 18.0. The predicted molar refractivity (Wildman–Crippen MR) is 89.5 cm³/mol. The van der Waals surface area contributed by atoms with Crippen molar-refractivity contribution in [3.8, 4) is 5.69 Å². The van der Waals surface area contributed by atoms with Crippen molar-refractivity contribution < 1.29 is 13.2 Å². The Labute approximate surface area is 136 Å². The fourth-order valence-corrected chi connectivity index (χ4v) is 6.76. The number of hydrogen-bond acceptors (Lipinski definition) is 1. The van der Waals surface area contributed by atoms with Gasteiger partial charge < -0.3 is 0 Å². The number of imidazole rings is 1. The van der Waals surface area contributed by atoms with Crippen molar-refractivity contribution in [2.45, 2.75) is 51.9 Å². The summed E-state index contributed by atoms with van der Waals surface area (Å²) in [4.78, 5) is 4.41. The van der Waals surface area contributed by atoms with Crippen LogP contribution in [-0.4, -0.2) is 19.9 Å². The third-order valence-electron chi connectivity index (χ3n) is 3.40. The van der Waals surface area contributed by atoms with Gasteiger partial charge in [0.2, 0.25) is 0 Å². The van der Waals surface area contributed by atoms with E-state index in [1.807, 2.05) is 0 Å². The van der Waals surface area contributed by atoms with Crippen LogP contribution in [-0.2, 0) is 0 Å². The molecule has 0 saturated carbocycles. The smallest absolute Gasteiger partial charge is 0.183 e. The van der Waals surface area contributed by atoms with Gasteiger partial charge in [0.25, 0.3) is 0 Å². The third-order valence-corrected chi connectivity index (χ3v) is 6.81. The number of benzene rings is 1. The molecule has 0 saturated heterocycles. The molecule has 0 atom stereocenters. The summed E-state index contributed by atoms with van der Waals surface area (Å²) in [6.45, 7) is 12.6. The van der Waals surface area contributed by atoms with Gasteiger partial charge in [0, 0.05) is 24.5 Å². The second kappa shape index (κ2) is 5.94. The maximum Gasteiger partial charge on any atom is 0.183 e. The van der Waals surface area contributed by atoms with Gasteiger partial charge in [0.05, 0.1) is 5.69 Å². The van der Waals surface area contributed by atoms with Crippen LogP contribution in [0.1, 0.15) is 41.5 Å². The summed E-state index contributed by atoms with van der Waals surface area (Å²) in [5, 5.41) is -0.196. The lowest BCUT2D eigenvalue weighted by Crippen LogP contribution is -2.35. The highest BCUT2D eigenvalue weighted by atomic mass is 31.1. The third kappa shape index (κ3) is 3.60. The molecule has 126 valence electrons. The molecule has 0 fully saturated rings. The minimum absolute atomic E-state index is 0.0982. The first-order valence-corrected chi connectivity index (χ1v) is 8.75. The molecule has 1 aromatic carbocycles. The van der Waals surface area contributed by atoms with Gasteiger partial charge in [0.1, 0.15) is 11.4 Å². The molecule has 0 aliphatic heterocycles. The normalized spacial score (nSPS) is 13.0. The van der Waals surface area contributed by atoms with Crippen molar-refractivity contribution in [1.29, 1.82) is 0 Å². The molecule has 0 radical (unpaired) electrons. The molecule has 2 nitrogen and oxygen atoms in total. The molecule has 1 heterocycles. The van der Waals surface area contributed by atoms with Crippen molar-refractivity contribution >= 4 is 13.5 Å².